The average Bonchev–Trinajstić information content (AvgIpc) is 3.80. The summed E-state index contributed by atoms with van der Waals surface area (Å²) in [4.78, 5) is 58.6. The summed E-state index contributed by atoms with van der Waals surface area (Å²) in [5.74, 6) is 0.954. The fourth-order valence-electron chi connectivity index (χ4n) is 11.0. The molecule has 1 N–H and O–H groups in total. The summed E-state index contributed by atoms with van der Waals surface area (Å²) in [6.45, 7) is 7.84. The highest BCUT2D eigenvalue weighted by molar-refractivity contribution is 6.09. The minimum atomic E-state index is -1.47. The molecule has 0 unspecified atom stereocenters. The number of halogens is 1. The first kappa shape index (κ1) is 33.5. The van der Waals surface area contributed by atoms with Gasteiger partial charge in [0.25, 0.3) is 0 Å². The Morgan fingerprint density at radius 1 is 1.00 bits per heavy atom. The number of carbonyl (C=O) groups excluding carboxylic acids is 3. The molecule has 3 amide bonds. The van der Waals surface area contributed by atoms with E-state index in [2.05, 4.69) is 57.8 Å². The Morgan fingerprint density at radius 3 is 2.45 bits per heavy atom. The molecule has 2 aromatic heterocycles. The number of rotatable bonds is 8. The molecule has 7 heterocycles. The predicted octanol–water partition coefficient (Wildman–Crippen LogP) is 5.44. The number of benzene rings is 1. The van der Waals surface area contributed by atoms with E-state index in [0.29, 0.717) is 44.4 Å². The third-order valence-corrected chi connectivity index (χ3v) is 13.9. The maximum Gasteiger partial charge on any atom is 0.238 e. The van der Waals surface area contributed by atoms with E-state index in [9.17, 15) is 14.4 Å². The second-order valence-corrected chi connectivity index (χ2v) is 17.8. The van der Waals surface area contributed by atoms with Gasteiger partial charge in [0.05, 0.1) is 34.9 Å². The molecule has 0 radical (unpaired) electrons. The summed E-state index contributed by atoms with van der Waals surface area (Å²) in [6.07, 6.45) is 12.0. The van der Waals surface area contributed by atoms with Gasteiger partial charge in [0.1, 0.15) is 11.2 Å². The second kappa shape index (κ2) is 12.0. The number of hydrogen-bond acceptors (Lipinski definition) is 7. The van der Waals surface area contributed by atoms with E-state index in [0.717, 1.165) is 78.1 Å². The molecular formula is C41H51FN8O3. The number of anilines is 2. The van der Waals surface area contributed by atoms with E-state index in [1.165, 1.54) is 24.2 Å². The van der Waals surface area contributed by atoms with Crippen molar-refractivity contribution in [2.75, 3.05) is 49.5 Å². The SMILES string of the molecule is CC(C)n1cnc2cc(-c3ccc4c(c3)N(C3CC(N5CCCCC5)C3)C(=O)C43CCN(C(=O)C45CN(C=O)CC(F)(C4)C5)CC3)nc(NC3CC3)c21. The number of pyridine rings is 1. The van der Waals surface area contributed by atoms with Gasteiger partial charge in [0, 0.05) is 55.1 Å². The van der Waals surface area contributed by atoms with Crippen molar-refractivity contribution in [2.24, 2.45) is 5.41 Å². The molecular weight excluding hydrogens is 672 g/mol. The molecule has 7 fully saturated rings. The highest BCUT2D eigenvalue weighted by Gasteiger charge is 2.66. The van der Waals surface area contributed by atoms with Gasteiger partial charge in [-0.25, -0.2) is 14.4 Å². The highest BCUT2D eigenvalue weighted by Crippen LogP contribution is 2.57. The van der Waals surface area contributed by atoms with Crippen LogP contribution < -0.4 is 10.2 Å². The standard InChI is InChI=1S/C41H51FN8O3/c1-26(2)49-24-43-33-19-32(45-36(35(33)49)44-28-7-8-28)27-6-9-31-34(16-27)50(30-17-29(18-30)47-12-4-3-5-13-47)38(53)41(31)10-14-48(15-11-41)37(52)39-20-40(42,21-39)23-46(22-39)25-51/h6,9,16,19,24-26,28-30H,3-5,7-8,10-15,17-18,20-23H2,1-2H3,(H,44,45). The first-order valence-corrected chi connectivity index (χ1v) is 20.1. The summed E-state index contributed by atoms with van der Waals surface area (Å²) in [6, 6.07) is 9.86. The number of imidazole rings is 1. The van der Waals surface area contributed by atoms with Crippen LogP contribution in [0.25, 0.3) is 22.3 Å². The largest absolute Gasteiger partial charge is 0.366 e. The summed E-state index contributed by atoms with van der Waals surface area (Å²) in [5, 5.41) is 3.67. The van der Waals surface area contributed by atoms with Crippen molar-refractivity contribution in [3.63, 3.8) is 0 Å². The number of nitrogens with zero attached hydrogens (tertiary/aromatic N) is 7. The fraction of sp³-hybridized carbons (Fsp3) is 0.634. The van der Waals surface area contributed by atoms with Gasteiger partial charge in [-0.05, 0) is 109 Å². The normalized spacial score (nSPS) is 30.8. The quantitative estimate of drug-likeness (QED) is 0.309. The van der Waals surface area contributed by atoms with Crippen molar-refractivity contribution in [2.45, 2.75) is 120 Å². The molecule has 8 aliphatic rings. The molecule has 5 aliphatic heterocycles. The maximum atomic E-state index is 15.2. The number of piperidine rings is 4. The summed E-state index contributed by atoms with van der Waals surface area (Å²) < 4.78 is 17.4. The monoisotopic (exact) mass is 722 g/mol. The zero-order valence-electron chi connectivity index (χ0n) is 31.0. The van der Waals surface area contributed by atoms with Crippen molar-refractivity contribution >= 4 is 40.8 Å². The summed E-state index contributed by atoms with van der Waals surface area (Å²) in [5.41, 5.74) is 2.74. The zero-order chi connectivity index (χ0) is 36.3. The Bertz CT molecular complexity index is 1980. The van der Waals surface area contributed by atoms with Gasteiger partial charge in [-0.1, -0.05) is 18.6 Å². The van der Waals surface area contributed by atoms with Crippen LogP contribution in [0.15, 0.2) is 30.6 Å². The predicted molar refractivity (Wildman–Crippen MR) is 200 cm³/mol. The minimum Gasteiger partial charge on any atom is -0.366 e. The first-order chi connectivity index (χ1) is 25.6. The van der Waals surface area contributed by atoms with E-state index in [-0.39, 0.29) is 49.8 Å². The van der Waals surface area contributed by atoms with Gasteiger partial charge in [-0.2, -0.15) is 0 Å². The van der Waals surface area contributed by atoms with Crippen LogP contribution in [0, 0.1) is 5.41 Å². The number of fused-ring (bicyclic) bond motifs is 5. The minimum absolute atomic E-state index is 0.0644. The van der Waals surface area contributed by atoms with Gasteiger partial charge in [0.2, 0.25) is 18.2 Å². The van der Waals surface area contributed by atoms with Gasteiger partial charge < -0.3 is 29.5 Å². The summed E-state index contributed by atoms with van der Waals surface area (Å²) in [7, 11) is 0. The van der Waals surface area contributed by atoms with E-state index >= 15 is 4.39 Å². The molecule has 0 atom stereocenters. The lowest BCUT2D eigenvalue weighted by Gasteiger charge is -2.59. The molecule has 11 nitrogen and oxygen atoms in total. The smallest absolute Gasteiger partial charge is 0.238 e. The summed E-state index contributed by atoms with van der Waals surface area (Å²) >= 11 is 0. The molecule has 3 saturated carbocycles. The van der Waals surface area contributed by atoms with Gasteiger partial charge in [0.15, 0.2) is 5.82 Å². The lowest BCUT2D eigenvalue weighted by molar-refractivity contribution is -0.185. The van der Waals surface area contributed by atoms with Crippen molar-refractivity contribution < 1.29 is 18.8 Å². The third-order valence-electron chi connectivity index (χ3n) is 13.9. The van der Waals surface area contributed by atoms with Crippen molar-refractivity contribution in [3.8, 4) is 11.3 Å². The molecule has 12 heteroatoms. The molecule has 1 aromatic carbocycles. The van der Waals surface area contributed by atoms with Gasteiger partial charge in [-0.3, -0.25) is 14.4 Å². The molecule has 2 bridgehead atoms. The Kier molecular flexibility index (Phi) is 7.57. The van der Waals surface area contributed by atoms with Crippen LogP contribution in [0.2, 0.25) is 0 Å². The van der Waals surface area contributed by atoms with Crippen LogP contribution in [0.4, 0.5) is 15.9 Å². The second-order valence-electron chi connectivity index (χ2n) is 17.8. The van der Waals surface area contributed by atoms with Gasteiger partial charge in [-0.15, -0.1) is 0 Å². The molecule has 4 saturated heterocycles. The van der Waals surface area contributed by atoms with E-state index in [4.69, 9.17) is 9.97 Å². The molecule has 53 heavy (non-hydrogen) atoms. The number of aromatic nitrogens is 3. The Labute approximate surface area is 310 Å². The first-order valence-electron chi connectivity index (χ1n) is 20.1. The number of hydrogen-bond donors (Lipinski definition) is 1. The van der Waals surface area contributed by atoms with Crippen molar-refractivity contribution in [1.82, 2.24) is 29.2 Å². The van der Waals surface area contributed by atoms with Crippen LogP contribution in [-0.4, -0.2) is 111 Å². The number of carbonyl (C=O) groups is 3. The lowest BCUT2D eigenvalue weighted by atomic mass is 9.56. The number of alkyl halides is 1. The number of amides is 3. The highest BCUT2D eigenvalue weighted by atomic mass is 19.1. The number of likely N-dealkylation sites (tertiary alicyclic amines) is 2. The van der Waals surface area contributed by atoms with Crippen molar-refractivity contribution in [3.05, 3.63) is 36.2 Å². The van der Waals surface area contributed by atoms with Gasteiger partial charge >= 0.3 is 0 Å². The molecule has 280 valence electrons. The topological polar surface area (TPSA) is 107 Å². The lowest BCUT2D eigenvalue weighted by Crippen LogP contribution is -2.70. The van der Waals surface area contributed by atoms with Crippen LogP contribution in [0.5, 0.6) is 0 Å². The third kappa shape index (κ3) is 5.24. The average molecular weight is 723 g/mol. The number of nitrogens with one attached hydrogen (secondary N) is 1. The van der Waals surface area contributed by atoms with Crippen LogP contribution in [-0.2, 0) is 19.8 Å². The Hall–Kier alpha value is -4.06. The van der Waals surface area contributed by atoms with E-state index in [1.54, 1.807) is 0 Å². The van der Waals surface area contributed by atoms with Crippen LogP contribution in [0.3, 0.4) is 0 Å². The maximum absolute atomic E-state index is 15.2. The van der Waals surface area contributed by atoms with E-state index in [1.807, 2.05) is 11.2 Å². The fourth-order valence-corrected chi connectivity index (χ4v) is 11.0. The van der Waals surface area contributed by atoms with E-state index < -0.39 is 16.5 Å². The molecule has 3 aliphatic carbocycles. The van der Waals surface area contributed by atoms with Crippen molar-refractivity contribution in [1.29, 1.82) is 0 Å². The Morgan fingerprint density at radius 2 is 1.75 bits per heavy atom. The van der Waals surface area contributed by atoms with Crippen LogP contribution >= 0.6 is 0 Å². The zero-order valence-corrected chi connectivity index (χ0v) is 31.0. The molecule has 1 spiro atoms. The Balaban J connectivity index is 0.973. The molecule has 3 aromatic rings. The van der Waals surface area contributed by atoms with Crippen LogP contribution in [0.1, 0.15) is 96.1 Å². The molecule has 11 rings (SSSR count).